The van der Waals surface area contributed by atoms with Gasteiger partial charge < -0.3 is 14.8 Å². The van der Waals surface area contributed by atoms with Crippen molar-refractivity contribution in [3.05, 3.63) is 11.9 Å². The van der Waals surface area contributed by atoms with Crippen molar-refractivity contribution >= 4 is 0 Å². The lowest BCUT2D eigenvalue weighted by Crippen LogP contribution is -2.41. The molecule has 0 amide bonds. The molecule has 1 aromatic heterocycles. The zero-order chi connectivity index (χ0) is 13.4. The summed E-state index contributed by atoms with van der Waals surface area (Å²) in [6.07, 6.45) is 7.71. The van der Waals surface area contributed by atoms with Crippen LogP contribution < -0.4 is 5.32 Å². The van der Waals surface area contributed by atoms with Gasteiger partial charge >= 0.3 is 0 Å². The summed E-state index contributed by atoms with van der Waals surface area (Å²) in [6, 6.07) is 1.11. The molecule has 2 saturated heterocycles. The number of hydrogen-bond donors (Lipinski definition) is 1. The molecule has 4 rings (SSSR count). The van der Waals surface area contributed by atoms with Crippen molar-refractivity contribution in [2.24, 2.45) is 0 Å². The standard InChI is InChI=1S/C14H22N4O2/c1-2-11(1)15-8-12-9-18(17-16-12)13-3-5-20-14(7-13)4-6-19-10-14/h9,11,13,15H,1-8,10H2. The van der Waals surface area contributed by atoms with Gasteiger partial charge in [-0.1, -0.05) is 5.21 Å². The minimum Gasteiger partial charge on any atom is -0.378 e. The fraction of sp³-hybridized carbons (Fsp3) is 0.857. The van der Waals surface area contributed by atoms with E-state index in [2.05, 4.69) is 21.8 Å². The molecule has 0 radical (unpaired) electrons. The van der Waals surface area contributed by atoms with E-state index >= 15 is 0 Å². The molecule has 1 aromatic rings. The Morgan fingerprint density at radius 1 is 1.35 bits per heavy atom. The topological polar surface area (TPSA) is 61.2 Å². The molecular formula is C14H22N4O2. The van der Waals surface area contributed by atoms with Crippen molar-refractivity contribution in [2.75, 3.05) is 19.8 Å². The van der Waals surface area contributed by atoms with E-state index < -0.39 is 0 Å². The van der Waals surface area contributed by atoms with Gasteiger partial charge in [0, 0.05) is 38.6 Å². The van der Waals surface area contributed by atoms with E-state index in [-0.39, 0.29) is 5.60 Å². The molecule has 20 heavy (non-hydrogen) atoms. The van der Waals surface area contributed by atoms with Gasteiger partial charge in [-0.15, -0.1) is 5.10 Å². The highest BCUT2D eigenvalue weighted by atomic mass is 16.6. The second kappa shape index (κ2) is 5.09. The third-order valence-corrected chi connectivity index (χ3v) is 4.62. The maximum absolute atomic E-state index is 5.97. The van der Waals surface area contributed by atoms with Crippen LogP contribution in [0.25, 0.3) is 0 Å². The van der Waals surface area contributed by atoms with Gasteiger partial charge in [-0.05, 0) is 19.3 Å². The SMILES string of the molecule is c1c(CNC2CC2)nnn1C1CCOC2(CCOC2)C1. The highest BCUT2D eigenvalue weighted by Crippen LogP contribution is 2.37. The summed E-state index contributed by atoms with van der Waals surface area (Å²) >= 11 is 0. The van der Waals surface area contributed by atoms with Gasteiger partial charge in [0.15, 0.2) is 0 Å². The number of nitrogens with one attached hydrogen (secondary N) is 1. The van der Waals surface area contributed by atoms with Crippen molar-refractivity contribution in [1.82, 2.24) is 20.3 Å². The first-order valence-corrected chi connectivity index (χ1v) is 7.69. The number of ether oxygens (including phenoxy) is 2. The summed E-state index contributed by atoms with van der Waals surface area (Å²) in [7, 11) is 0. The van der Waals surface area contributed by atoms with Crippen LogP contribution in [-0.4, -0.2) is 46.5 Å². The van der Waals surface area contributed by atoms with Gasteiger partial charge in [-0.2, -0.15) is 0 Å². The van der Waals surface area contributed by atoms with Crippen molar-refractivity contribution in [2.45, 2.75) is 56.3 Å². The molecule has 2 aliphatic heterocycles. The van der Waals surface area contributed by atoms with Crippen LogP contribution in [0.15, 0.2) is 6.20 Å². The molecule has 2 atom stereocenters. The molecule has 1 aliphatic carbocycles. The largest absolute Gasteiger partial charge is 0.378 e. The minimum absolute atomic E-state index is 0.0682. The second-order valence-corrected chi connectivity index (χ2v) is 6.33. The predicted octanol–water partition coefficient (Wildman–Crippen LogP) is 1.04. The molecule has 0 aromatic carbocycles. The summed E-state index contributed by atoms with van der Waals surface area (Å²) in [4.78, 5) is 0. The molecule has 2 unspecified atom stereocenters. The monoisotopic (exact) mass is 278 g/mol. The first kappa shape index (κ1) is 12.7. The van der Waals surface area contributed by atoms with Gasteiger partial charge in [0.2, 0.25) is 0 Å². The van der Waals surface area contributed by atoms with E-state index in [9.17, 15) is 0 Å². The Bertz CT molecular complexity index is 465. The molecule has 3 heterocycles. The first-order chi connectivity index (χ1) is 9.83. The average Bonchev–Trinajstić information content (AvgIpc) is 3.00. The Morgan fingerprint density at radius 2 is 2.30 bits per heavy atom. The zero-order valence-electron chi connectivity index (χ0n) is 11.8. The predicted molar refractivity (Wildman–Crippen MR) is 72.3 cm³/mol. The molecule has 1 spiro atoms. The van der Waals surface area contributed by atoms with Crippen LogP contribution in [0.1, 0.15) is 43.8 Å². The summed E-state index contributed by atoms with van der Waals surface area (Å²) in [5, 5.41) is 12.1. The van der Waals surface area contributed by atoms with Crippen molar-refractivity contribution in [1.29, 1.82) is 0 Å². The number of aromatic nitrogens is 3. The van der Waals surface area contributed by atoms with Crippen molar-refractivity contribution < 1.29 is 9.47 Å². The quantitative estimate of drug-likeness (QED) is 0.891. The molecule has 0 bridgehead atoms. The Hall–Kier alpha value is -0.980. The van der Waals surface area contributed by atoms with Crippen LogP contribution in [-0.2, 0) is 16.0 Å². The highest BCUT2D eigenvalue weighted by molar-refractivity contribution is 4.98. The van der Waals surface area contributed by atoms with Crippen molar-refractivity contribution in [3.8, 4) is 0 Å². The van der Waals surface area contributed by atoms with E-state index in [4.69, 9.17) is 9.47 Å². The molecule has 1 saturated carbocycles. The fourth-order valence-electron chi connectivity index (χ4n) is 3.20. The van der Waals surface area contributed by atoms with Crippen LogP contribution in [0.3, 0.4) is 0 Å². The van der Waals surface area contributed by atoms with Gasteiger partial charge in [-0.25, -0.2) is 4.68 Å². The van der Waals surface area contributed by atoms with Gasteiger partial charge in [0.1, 0.15) is 0 Å². The third-order valence-electron chi connectivity index (χ3n) is 4.62. The Morgan fingerprint density at radius 3 is 3.10 bits per heavy atom. The smallest absolute Gasteiger partial charge is 0.0965 e. The summed E-state index contributed by atoms with van der Waals surface area (Å²) in [6.45, 7) is 3.18. The van der Waals surface area contributed by atoms with E-state index in [0.29, 0.717) is 12.1 Å². The lowest BCUT2D eigenvalue weighted by Gasteiger charge is -2.36. The maximum Gasteiger partial charge on any atom is 0.0965 e. The van der Waals surface area contributed by atoms with Crippen LogP contribution in [0.4, 0.5) is 0 Å². The first-order valence-electron chi connectivity index (χ1n) is 7.69. The van der Waals surface area contributed by atoms with Gasteiger partial charge in [-0.3, -0.25) is 0 Å². The Balaban J connectivity index is 1.40. The molecule has 6 heteroatoms. The molecule has 3 aliphatic rings. The summed E-state index contributed by atoms with van der Waals surface area (Å²) in [5.74, 6) is 0. The fourth-order valence-corrected chi connectivity index (χ4v) is 3.20. The molecule has 110 valence electrons. The van der Waals surface area contributed by atoms with E-state index in [1.165, 1.54) is 12.8 Å². The zero-order valence-corrected chi connectivity index (χ0v) is 11.8. The van der Waals surface area contributed by atoms with Crippen molar-refractivity contribution in [3.63, 3.8) is 0 Å². The van der Waals surface area contributed by atoms with Crippen LogP contribution in [0, 0.1) is 0 Å². The van der Waals surface area contributed by atoms with E-state index in [1.54, 1.807) is 0 Å². The van der Waals surface area contributed by atoms with Crippen LogP contribution >= 0.6 is 0 Å². The third kappa shape index (κ3) is 2.60. The lowest BCUT2D eigenvalue weighted by atomic mass is 9.90. The maximum atomic E-state index is 5.97. The Labute approximate surface area is 118 Å². The molecule has 3 fully saturated rings. The molecule has 6 nitrogen and oxygen atoms in total. The van der Waals surface area contributed by atoms with Crippen LogP contribution in [0.2, 0.25) is 0 Å². The van der Waals surface area contributed by atoms with Gasteiger partial charge in [0.05, 0.1) is 30.1 Å². The summed E-state index contributed by atoms with van der Waals surface area (Å²) in [5.41, 5.74) is 0.974. The highest BCUT2D eigenvalue weighted by Gasteiger charge is 2.41. The average molecular weight is 278 g/mol. The lowest BCUT2D eigenvalue weighted by molar-refractivity contribution is -0.0964. The normalized spacial score (nSPS) is 33.9. The van der Waals surface area contributed by atoms with E-state index in [1.807, 2.05) is 4.68 Å². The summed E-state index contributed by atoms with van der Waals surface area (Å²) < 4.78 is 13.5. The van der Waals surface area contributed by atoms with E-state index in [0.717, 1.165) is 51.3 Å². The molecular weight excluding hydrogens is 256 g/mol. The molecule has 1 N–H and O–H groups in total. The number of hydrogen-bond acceptors (Lipinski definition) is 5. The number of nitrogens with zero attached hydrogens (tertiary/aromatic N) is 3. The van der Waals surface area contributed by atoms with Crippen LogP contribution in [0.5, 0.6) is 0 Å². The Kier molecular flexibility index (Phi) is 3.24. The van der Waals surface area contributed by atoms with Gasteiger partial charge in [0.25, 0.3) is 0 Å². The second-order valence-electron chi connectivity index (χ2n) is 6.33. The minimum atomic E-state index is -0.0682. The number of rotatable bonds is 4.